The molecule has 2 aromatic heterocycles. The quantitative estimate of drug-likeness (QED) is 0.830. The van der Waals surface area contributed by atoms with E-state index in [-0.39, 0.29) is 4.99 Å². The van der Waals surface area contributed by atoms with Gasteiger partial charge in [0.15, 0.2) is 0 Å². The van der Waals surface area contributed by atoms with E-state index < -0.39 is 0 Å². The number of hydrogen-bond acceptors (Lipinski definition) is 5. The average Bonchev–Trinajstić information content (AvgIpc) is 2.76. The van der Waals surface area contributed by atoms with Crippen LogP contribution in [0.25, 0.3) is 0 Å². The highest BCUT2D eigenvalue weighted by Crippen LogP contribution is 2.21. The minimum absolute atomic E-state index is 0.252. The number of nitrogens with two attached hydrogens (primary N) is 1. The topological polar surface area (TPSA) is 63.8 Å². The van der Waals surface area contributed by atoms with E-state index in [0.717, 1.165) is 17.3 Å². The first kappa shape index (κ1) is 13.2. The minimum atomic E-state index is 0.252. The Kier molecular flexibility index (Phi) is 4.46. The lowest BCUT2D eigenvalue weighted by Crippen LogP contribution is -2.13. The highest BCUT2D eigenvalue weighted by molar-refractivity contribution is 7.80. The standard InChI is InChI=1S/C11H11ClN4S2/c12-9-2-1-7(18-9)3-4-14-10-6-15-8(5-16-10)11(13)17/h1-2,5-6H,3-4H2,(H2,13,17)(H,14,16). The molecule has 2 aromatic rings. The third-order valence-corrected chi connectivity index (χ3v) is 3.71. The van der Waals surface area contributed by atoms with Crippen molar-refractivity contribution >= 4 is 46.0 Å². The molecule has 0 saturated heterocycles. The molecule has 0 spiro atoms. The minimum Gasteiger partial charge on any atom is -0.388 e. The number of thiophene rings is 1. The second-order valence-corrected chi connectivity index (χ2v) is 5.77. The van der Waals surface area contributed by atoms with E-state index in [0.29, 0.717) is 11.5 Å². The molecule has 0 radical (unpaired) electrons. The van der Waals surface area contributed by atoms with E-state index >= 15 is 0 Å². The van der Waals surface area contributed by atoms with Crippen molar-refractivity contribution in [1.82, 2.24) is 9.97 Å². The lowest BCUT2D eigenvalue weighted by Gasteiger charge is -2.04. The fraction of sp³-hybridized carbons (Fsp3) is 0.182. The van der Waals surface area contributed by atoms with Crippen molar-refractivity contribution in [2.45, 2.75) is 6.42 Å². The van der Waals surface area contributed by atoms with Gasteiger partial charge in [0.25, 0.3) is 0 Å². The van der Waals surface area contributed by atoms with Crippen LogP contribution in [0.15, 0.2) is 24.5 Å². The van der Waals surface area contributed by atoms with Crippen LogP contribution in [-0.4, -0.2) is 21.5 Å². The molecule has 4 nitrogen and oxygen atoms in total. The van der Waals surface area contributed by atoms with Gasteiger partial charge in [0.2, 0.25) is 0 Å². The zero-order chi connectivity index (χ0) is 13.0. The van der Waals surface area contributed by atoms with E-state index in [1.807, 2.05) is 12.1 Å². The van der Waals surface area contributed by atoms with Gasteiger partial charge in [-0.05, 0) is 18.6 Å². The number of hydrogen-bond donors (Lipinski definition) is 2. The molecule has 0 aliphatic rings. The molecule has 2 rings (SSSR count). The summed E-state index contributed by atoms with van der Waals surface area (Å²) < 4.78 is 0.811. The summed E-state index contributed by atoms with van der Waals surface area (Å²) in [7, 11) is 0. The number of nitrogens with zero attached hydrogens (tertiary/aromatic N) is 2. The Morgan fingerprint density at radius 1 is 1.39 bits per heavy atom. The van der Waals surface area contributed by atoms with E-state index in [9.17, 15) is 0 Å². The molecule has 0 aliphatic heterocycles. The Morgan fingerprint density at radius 3 is 2.78 bits per heavy atom. The fourth-order valence-electron chi connectivity index (χ4n) is 1.35. The van der Waals surface area contributed by atoms with Gasteiger partial charge in [-0.15, -0.1) is 11.3 Å². The Hall–Kier alpha value is -1.24. The predicted molar refractivity (Wildman–Crippen MR) is 79.4 cm³/mol. The van der Waals surface area contributed by atoms with Crippen LogP contribution < -0.4 is 11.1 Å². The van der Waals surface area contributed by atoms with Crippen LogP contribution >= 0.6 is 35.2 Å². The number of aromatic nitrogens is 2. The zero-order valence-electron chi connectivity index (χ0n) is 9.39. The van der Waals surface area contributed by atoms with Crippen LogP contribution in [-0.2, 0) is 6.42 Å². The van der Waals surface area contributed by atoms with Gasteiger partial charge >= 0.3 is 0 Å². The molecular formula is C11H11ClN4S2. The predicted octanol–water partition coefficient (Wildman–Crippen LogP) is 2.48. The summed E-state index contributed by atoms with van der Waals surface area (Å²) in [6.45, 7) is 0.776. The number of halogens is 1. The van der Waals surface area contributed by atoms with Crippen molar-refractivity contribution in [2.24, 2.45) is 5.73 Å². The van der Waals surface area contributed by atoms with Crippen LogP contribution in [0, 0.1) is 0 Å². The van der Waals surface area contributed by atoms with Crippen LogP contribution in [0.1, 0.15) is 10.6 Å². The monoisotopic (exact) mass is 298 g/mol. The summed E-state index contributed by atoms with van der Waals surface area (Å²) in [5, 5.41) is 3.17. The second kappa shape index (κ2) is 6.08. The molecular weight excluding hydrogens is 288 g/mol. The maximum absolute atomic E-state index is 5.86. The third-order valence-electron chi connectivity index (χ3n) is 2.21. The van der Waals surface area contributed by atoms with E-state index in [1.54, 1.807) is 23.7 Å². The molecule has 0 fully saturated rings. The molecule has 0 bridgehead atoms. The SMILES string of the molecule is NC(=S)c1cnc(NCCc2ccc(Cl)s2)cn1. The Morgan fingerprint density at radius 2 is 2.22 bits per heavy atom. The highest BCUT2D eigenvalue weighted by Gasteiger charge is 2.01. The molecule has 0 amide bonds. The molecule has 18 heavy (non-hydrogen) atoms. The van der Waals surface area contributed by atoms with Gasteiger partial charge < -0.3 is 11.1 Å². The number of anilines is 1. The Labute approximate surface area is 119 Å². The average molecular weight is 299 g/mol. The first-order valence-electron chi connectivity index (χ1n) is 5.25. The normalized spacial score (nSPS) is 10.3. The number of nitrogens with one attached hydrogen (secondary N) is 1. The largest absolute Gasteiger partial charge is 0.388 e. The van der Waals surface area contributed by atoms with Crippen LogP contribution in [0.4, 0.5) is 5.82 Å². The molecule has 0 unspecified atom stereocenters. The van der Waals surface area contributed by atoms with E-state index in [4.69, 9.17) is 29.6 Å². The third kappa shape index (κ3) is 3.63. The smallest absolute Gasteiger partial charge is 0.144 e. The molecule has 3 N–H and O–H groups in total. The highest BCUT2D eigenvalue weighted by atomic mass is 35.5. The number of thiocarbonyl (C=S) groups is 1. The molecule has 0 aromatic carbocycles. The molecule has 7 heteroatoms. The summed E-state index contributed by atoms with van der Waals surface area (Å²) in [5.41, 5.74) is 5.97. The maximum Gasteiger partial charge on any atom is 0.144 e. The van der Waals surface area contributed by atoms with Crippen molar-refractivity contribution in [2.75, 3.05) is 11.9 Å². The first-order valence-corrected chi connectivity index (χ1v) is 6.85. The summed E-state index contributed by atoms with van der Waals surface area (Å²) in [5.74, 6) is 0.706. The van der Waals surface area contributed by atoms with Gasteiger partial charge in [-0.3, -0.25) is 0 Å². The molecule has 0 aliphatic carbocycles. The number of rotatable bonds is 5. The second-order valence-electron chi connectivity index (χ2n) is 3.53. The van der Waals surface area contributed by atoms with Gasteiger partial charge in [-0.1, -0.05) is 23.8 Å². The molecule has 0 atom stereocenters. The van der Waals surface area contributed by atoms with E-state index in [1.165, 1.54) is 4.88 Å². The van der Waals surface area contributed by atoms with Gasteiger partial charge in [0, 0.05) is 11.4 Å². The first-order chi connectivity index (χ1) is 8.65. The van der Waals surface area contributed by atoms with Gasteiger partial charge in [-0.25, -0.2) is 9.97 Å². The van der Waals surface area contributed by atoms with Crippen molar-refractivity contribution in [3.8, 4) is 0 Å². The van der Waals surface area contributed by atoms with Crippen LogP contribution in [0.5, 0.6) is 0 Å². The van der Waals surface area contributed by atoms with Gasteiger partial charge in [-0.2, -0.15) is 0 Å². The fourth-order valence-corrected chi connectivity index (χ4v) is 2.54. The Bertz CT molecular complexity index is 538. The summed E-state index contributed by atoms with van der Waals surface area (Å²) in [6, 6.07) is 3.93. The molecule has 0 saturated carbocycles. The van der Waals surface area contributed by atoms with Crippen molar-refractivity contribution < 1.29 is 0 Å². The zero-order valence-corrected chi connectivity index (χ0v) is 11.8. The van der Waals surface area contributed by atoms with Gasteiger partial charge in [0.05, 0.1) is 16.7 Å². The van der Waals surface area contributed by atoms with Crippen LogP contribution in [0.2, 0.25) is 4.34 Å². The molecule has 94 valence electrons. The summed E-state index contributed by atoms with van der Waals surface area (Å²) in [4.78, 5) is 9.76. The maximum atomic E-state index is 5.86. The summed E-state index contributed by atoms with van der Waals surface area (Å²) in [6.07, 6.45) is 4.08. The molecule has 2 heterocycles. The van der Waals surface area contributed by atoms with Crippen molar-refractivity contribution in [3.63, 3.8) is 0 Å². The Balaban J connectivity index is 1.85. The lowest BCUT2D eigenvalue weighted by atomic mass is 10.3. The summed E-state index contributed by atoms with van der Waals surface area (Å²) >= 11 is 12.2. The van der Waals surface area contributed by atoms with Crippen LogP contribution in [0.3, 0.4) is 0 Å². The lowest BCUT2D eigenvalue weighted by molar-refractivity contribution is 1.02. The van der Waals surface area contributed by atoms with Crippen molar-refractivity contribution in [3.05, 3.63) is 39.4 Å². The van der Waals surface area contributed by atoms with E-state index in [2.05, 4.69) is 15.3 Å². The van der Waals surface area contributed by atoms with Gasteiger partial charge in [0.1, 0.15) is 16.5 Å². The van der Waals surface area contributed by atoms with Crippen molar-refractivity contribution in [1.29, 1.82) is 0 Å².